The fourth-order valence-corrected chi connectivity index (χ4v) is 4.07. The van der Waals surface area contributed by atoms with Gasteiger partial charge in [0.2, 0.25) is 5.82 Å². The van der Waals surface area contributed by atoms with E-state index in [1.807, 2.05) is 0 Å². The highest BCUT2D eigenvalue weighted by atomic mass is 19.2. The number of hydrogen-bond acceptors (Lipinski definition) is 3. The average molecular weight is 457 g/mol. The molecular weight excluding hydrogens is 429 g/mol. The molecule has 1 aliphatic heterocycles. The van der Waals surface area contributed by atoms with E-state index in [-0.39, 0.29) is 17.9 Å². The Morgan fingerprint density at radius 1 is 0.818 bits per heavy atom. The first kappa shape index (κ1) is 23.3. The molecule has 174 valence electrons. The third-order valence-electron chi connectivity index (χ3n) is 5.78. The molecule has 1 aliphatic rings. The van der Waals surface area contributed by atoms with Gasteiger partial charge in [0.25, 0.3) is 0 Å². The number of benzene rings is 3. The van der Waals surface area contributed by atoms with E-state index >= 15 is 0 Å². The maximum Gasteiger partial charge on any atom is 0.201 e. The van der Waals surface area contributed by atoms with Crippen LogP contribution >= 0.6 is 0 Å². The number of rotatable bonds is 7. The van der Waals surface area contributed by atoms with E-state index in [0.717, 1.165) is 12.8 Å². The summed E-state index contributed by atoms with van der Waals surface area (Å²) >= 11 is 0. The van der Waals surface area contributed by atoms with Crippen molar-refractivity contribution in [1.82, 2.24) is 0 Å². The van der Waals surface area contributed by atoms with Crippen LogP contribution in [-0.4, -0.2) is 19.8 Å². The third-order valence-corrected chi connectivity index (χ3v) is 5.78. The van der Waals surface area contributed by atoms with Gasteiger partial charge in [0.1, 0.15) is 5.82 Å². The topological polar surface area (TPSA) is 27.7 Å². The van der Waals surface area contributed by atoms with Crippen molar-refractivity contribution in [3.8, 4) is 28.0 Å². The van der Waals surface area contributed by atoms with Crippen molar-refractivity contribution < 1.29 is 27.4 Å². The van der Waals surface area contributed by atoms with Gasteiger partial charge in [-0.15, -0.1) is 0 Å². The van der Waals surface area contributed by atoms with Gasteiger partial charge in [-0.2, -0.15) is 4.39 Å². The van der Waals surface area contributed by atoms with Crippen molar-refractivity contribution in [3.05, 3.63) is 77.6 Å². The first-order valence-corrected chi connectivity index (χ1v) is 11.3. The summed E-state index contributed by atoms with van der Waals surface area (Å²) in [5, 5.41) is 0. The molecule has 0 unspecified atom stereocenters. The molecule has 0 aromatic heterocycles. The van der Waals surface area contributed by atoms with Crippen LogP contribution in [0.2, 0.25) is 0 Å². The van der Waals surface area contributed by atoms with Gasteiger partial charge >= 0.3 is 0 Å². The van der Waals surface area contributed by atoms with E-state index in [4.69, 9.17) is 14.2 Å². The normalized spacial score (nSPS) is 18.3. The second-order valence-corrected chi connectivity index (χ2v) is 8.14. The lowest BCUT2D eigenvalue weighted by molar-refractivity contribution is -0.206. The average Bonchev–Trinajstić information content (AvgIpc) is 2.83. The molecule has 1 saturated heterocycles. The molecule has 1 heterocycles. The van der Waals surface area contributed by atoms with Crippen molar-refractivity contribution in [2.45, 2.75) is 33.0 Å². The molecule has 6 heteroatoms. The van der Waals surface area contributed by atoms with Crippen molar-refractivity contribution in [2.75, 3.05) is 19.8 Å². The number of hydrogen-bond donors (Lipinski definition) is 0. The Morgan fingerprint density at radius 2 is 1.45 bits per heavy atom. The van der Waals surface area contributed by atoms with E-state index in [1.165, 1.54) is 18.2 Å². The van der Waals surface area contributed by atoms with E-state index in [2.05, 4.69) is 6.92 Å². The smallest absolute Gasteiger partial charge is 0.201 e. The molecule has 0 amide bonds. The van der Waals surface area contributed by atoms with Crippen LogP contribution in [0, 0.1) is 23.4 Å². The molecule has 4 rings (SSSR count). The van der Waals surface area contributed by atoms with Crippen molar-refractivity contribution >= 4 is 0 Å². The standard InChI is InChI=1S/C27H27F3O3/c1-3-5-17-15-32-27(33-16-17)20-10-11-21(23(28)14-20)18-6-8-19(9-7-18)22-12-13-24(31-4-2)26(30)25(22)29/h6-14,17,27H,3-5,15-16H2,1-2H3. The summed E-state index contributed by atoms with van der Waals surface area (Å²) in [6.07, 6.45) is 1.55. The fourth-order valence-electron chi connectivity index (χ4n) is 4.07. The predicted molar refractivity (Wildman–Crippen MR) is 121 cm³/mol. The Balaban J connectivity index is 1.51. The summed E-state index contributed by atoms with van der Waals surface area (Å²) in [5.74, 6) is -2.14. The van der Waals surface area contributed by atoms with Gasteiger partial charge in [0, 0.05) is 22.6 Å². The maximum atomic E-state index is 14.9. The van der Waals surface area contributed by atoms with Crippen LogP contribution in [0.5, 0.6) is 5.75 Å². The zero-order valence-electron chi connectivity index (χ0n) is 18.7. The van der Waals surface area contributed by atoms with Gasteiger partial charge < -0.3 is 14.2 Å². The molecular formula is C27H27F3O3. The third kappa shape index (κ3) is 5.07. The van der Waals surface area contributed by atoms with Crippen LogP contribution in [0.1, 0.15) is 38.5 Å². The molecule has 0 spiro atoms. The number of ether oxygens (including phenoxy) is 3. The molecule has 3 nitrogen and oxygen atoms in total. The van der Waals surface area contributed by atoms with Gasteiger partial charge in [0.15, 0.2) is 17.9 Å². The van der Waals surface area contributed by atoms with E-state index in [9.17, 15) is 13.2 Å². The molecule has 0 atom stereocenters. The summed E-state index contributed by atoms with van der Waals surface area (Å²) < 4.78 is 60.3. The van der Waals surface area contributed by atoms with Crippen molar-refractivity contribution in [1.29, 1.82) is 0 Å². The Morgan fingerprint density at radius 3 is 2.06 bits per heavy atom. The quantitative estimate of drug-likeness (QED) is 0.373. The van der Waals surface area contributed by atoms with Crippen LogP contribution in [0.3, 0.4) is 0 Å². The zero-order valence-corrected chi connectivity index (χ0v) is 18.7. The highest BCUT2D eigenvalue weighted by Gasteiger charge is 2.24. The second-order valence-electron chi connectivity index (χ2n) is 8.14. The van der Waals surface area contributed by atoms with Crippen LogP contribution < -0.4 is 4.74 Å². The van der Waals surface area contributed by atoms with Crippen LogP contribution in [0.25, 0.3) is 22.3 Å². The summed E-state index contributed by atoms with van der Waals surface area (Å²) in [6.45, 7) is 5.28. The van der Waals surface area contributed by atoms with Gasteiger partial charge in [0.05, 0.1) is 19.8 Å². The van der Waals surface area contributed by atoms with Gasteiger partial charge in [-0.25, -0.2) is 8.78 Å². The summed E-state index contributed by atoms with van der Waals surface area (Å²) in [5.41, 5.74) is 2.27. The second kappa shape index (κ2) is 10.4. The molecule has 0 aliphatic carbocycles. The lowest BCUT2D eigenvalue weighted by atomic mass is 9.98. The van der Waals surface area contributed by atoms with E-state index < -0.39 is 23.7 Å². The molecule has 0 N–H and O–H groups in total. The lowest BCUT2D eigenvalue weighted by Gasteiger charge is -2.29. The van der Waals surface area contributed by atoms with Crippen LogP contribution in [0.4, 0.5) is 13.2 Å². The first-order chi connectivity index (χ1) is 16.0. The van der Waals surface area contributed by atoms with Gasteiger partial charge in [-0.05, 0) is 42.7 Å². The largest absolute Gasteiger partial charge is 0.491 e. The minimum atomic E-state index is -1.02. The van der Waals surface area contributed by atoms with E-state index in [0.29, 0.717) is 41.4 Å². The predicted octanol–water partition coefficient (Wildman–Crippen LogP) is 7.30. The maximum absolute atomic E-state index is 14.9. The molecule has 0 saturated carbocycles. The Bertz CT molecular complexity index is 1090. The minimum absolute atomic E-state index is 0.117. The molecule has 0 radical (unpaired) electrons. The molecule has 3 aromatic rings. The van der Waals surface area contributed by atoms with Crippen LogP contribution in [0.15, 0.2) is 54.6 Å². The van der Waals surface area contributed by atoms with Gasteiger partial charge in [-0.3, -0.25) is 0 Å². The Labute approximate surface area is 192 Å². The molecule has 0 bridgehead atoms. The van der Waals surface area contributed by atoms with Crippen LogP contribution in [-0.2, 0) is 9.47 Å². The number of halogens is 3. The highest BCUT2D eigenvalue weighted by Crippen LogP contribution is 2.33. The monoisotopic (exact) mass is 456 g/mol. The lowest BCUT2D eigenvalue weighted by Crippen LogP contribution is -2.27. The fraction of sp³-hybridized carbons (Fsp3) is 0.333. The minimum Gasteiger partial charge on any atom is -0.491 e. The molecule has 3 aromatic carbocycles. The van der Waals surface area contributed by atoms with Gasteiger partial charge in [-0.1, -0.05) is 49.7 Å². The summed E-state index contributed by atoms with van der Waals surface area (Å²) in [6, 6.07) is 14.4. The SMILES string of the molecule is CCCC1COC(c2ccc(-c3ccc(-c4ccc(OCC)c(F)c4F)cc3)c(F)c2)OC1. The summed E-state index contributed by atoms with van der Waals surface area (Å²) in [4.78, 5) is 0. The molecule has 33 heavy (non-hydrogen) atoms. The zero-order chi connectivity index (χ0) is 23.4. The van der Waals surface area contributed by atoms with Crippen molar-refractivity contribution in [3.63, 3.8) is 0 Å². The Kier molecular flexibility index (Phi) is 7.36. The highest BCUT2D eigenvalue weighted by molar-refractivity contribution is 5.71. The molecule has 1 fully saturated rings. The summed E-state index contributed by atoms with van der Waals surface area (Å²) in [7, 11) is 0. The first-order valence-electron chi connectivity index (χ1n) is 11.3. The van der Waals surface area contributed by atoms with E-state index in [1.54, 1.807) is 43.3 Å². The van der Waals surface area contributed by atoms with Crippen molar-refractivity contribution in [2.24, 2.45) is 5.92 Å². The Hall–Kier alpha value is -2.83.